The number of ether oxygens (including phenoxy) is 1. The lowest BCUT2D eigenvalue weighted by Crippen LogP contribution is -2.22. The largest absolute Gasteiger partial charge is 0.497 e. The molecule has 0 saturated heterocycles. The topological polar surface area (TPSA) is 146 Å². The van der Waals surface area contributed by atoms with Gasteiger partial charge in [-0.15, -0.1) is 5.10 Å². The minimum atomic E-state index is -0.531. The number of nitrogens with zero attached hydrogens (tertiary/aromatic N) is 6. The van der Waals surface area contributed by atoms with E-state index in [0.717, 1.165) is 26.8 Å². The highest BCUT2D eigenvalue weighted by molar-refractivity contribution is 5.95. The number of aromatic nitrogens is 5. The molecule has 0 bridgehead atoms. The fraction of sp³-hybridized carbons (Fsp3) is 0.111. The summed E-state index contributed by atoms with van der Waals surface area (Å²) < 4.78 is 10.9. The Hall–Kier alpha value is -4.28. The van der Waals surface area contributed by atoms with Crippen LogP contribution in [0.25, 0.3) is 16.6 Å². The maximum atomic E-state index is 12.6. The third-order valence-corrected chi connectivity index (χ3v) is 4.20. The standard InChI is InChI=1S/C18H16N8O3/c1-10-15(26(25-21-10)17-16(19)23-29-24-17)18(27)22-20-9-11-3-4-13-8-14(28-2)6-5-12(13)7-11/h3-9H,1-2H3,(H2,19,23)(H,22,27). The van der Waals surface area contributed by atoms with Gasteiger partial charge in [-0.2, -0.15) is 9.78 Å². The fourth-order valence-corrected chi connectivity index (χ4v) is 2.77. The Balaban J connectivity index is 1.53. The molecular formula is C18H16N8O3. The minimum absolute atomic E-state index is 0.0137. The van der Waals surface area contributed by atoms with Crippen LogP contribution in [0.1, 0.15) is 21.7 Å². The number of hydrogen-bond acceptors (Lipinski definition) is 9. The van der Waals surface area contributed by atoms with Crippen molar-refractivity contribution in [2.24, 2.45) is 5.10 Å². The van der Waals surface area contributed by atoms with Crippen LogP contribution in [-0.4, -0.2) is 44.5 Å². The van der Waals surface area contributed by atoms with Crippen molar-refractivity contribution >= 4 is 28.7 Å². The van der Waals surface area contributed by atoms with E-state index in [2.05, 4.69) is 35.8 Å². The SMILES string of the molecule is COc1ccc2cc(C=NNC(=O)c3c(C)nnn3-c3nonc3N)ccc2c1. The lowest BCUT2D eigenvalue weighted by Gasteiger charge is -2.04. The van der Waals surface area contributed by atoms with E-state index in [9.17, 15) is 4.79 Å². The van der Waals surface area contributed by atoms with Crippen molar-refractivity contribution in [3.8, 4) is 11.6 Å². The Labute approximate surface area is 164 Å². The molecule has 0 spiro atoms. The molecular weight excluding hydrogens is 376 g/mol. The van der Waals surface area contributed by atoms with Gasteiger partial charge >= 0.3 is 0 Å². The summed E-state index contributed by atoms with van der Waals surface area (Å²) in [7, 11) is 1.63. The Morgan fingerprint density at radius 1 is 1.24 bits per heavy atom. The second-order valence-corrected chi connectivity index (χ2v) is 6.08. The van der Waals surface area contributed by atoms with Crippen molar-refractivity contribution in [1.29, 1.82) is 0 Å². The van der Waals surface area contributed by atoms with Crippen LogP contribution in [0.4, 0.5) is 5.82 Å². The van der Waals surface area contributed by atoms with Gasteiger partial charge in [0.1, 0.15) is 5.75 Å². The first kappa shape index (κ1) is 18.1. The van der Waals surface area contributed by atoms with Crippen LogP contribution in [0.15, 0.2) is 46.1 Å². The smallest absolute Gasteiger partial charge is 0.292 e. The van der Waals surface area contributed by atoms with E-state index >= 15 is 0 Å². The molecule has 11 heteroatoms. The molecule has 0 aliphatic rings. The summed E-state index contributed by atoms with van der Waals surface area (Å²) in [6, 6.07) is 11.6. The van der Waals surface area contributed by atoms with E-state index < -0.39 is 5.91 Å². The highest BCUT2D eigenvalue weighted by atomic mass is 16.6. The van der Waals surface area contributed by atoms with Gasteiger partial charge < -0.3 is 10.5 Å². The summed E-state index contributed by atoms with van der Waals surface area (Å²) in [6.45, 7) is 1.63. The monoisotopic (exact) mass is 392 g/mol. The van der Waals surface area contributed by atoms with Crippen LogP contribution in [0.2, 0.25) is 0 Å². The molecule has 2 aromatic carbocycles. The highest BCUT2D eigenvalue weighted by Gasteiger charge is 2.22. The number of fused-ring (bicyclic) bond motifs is 1. The number of benzene rings is 2. The minimum Gasteiger partial charge on any atom is -0.497 e. The fourth-order valence-electron chi connectivity index (χ4n) is 2.77. The third kappa shape index (κ3) is 3.48. The predicted molar refractivity (Wildman–Crippen MR) is 104 cm³/mol. The van der Waals surface area contributed by atoms with Crippen LogP contribution in [-0.2, 0) is 0 Å². The number of hydrogen-bond donors (Lipinski definition) is 2. The van der Waals surface area contributed by atoms with Crippen molar-refractivity contribution in [3.05, 3.63) is 53.3 Å². The average Bonchev–Trinajstić information content (AvgIpc) is 3.32. The zero-order valence-electron chi connectivity index (χ0n) is 15.5. The number of rotatable bonds is 5. The van der Waals surface area contributed by atoms with Gasteiger partial charge in [0.2, 0.25) is 11.6 Å². The van der Waals surface area contributed by atoms with Crippen molar-refractivity contribution in [2.75, 3.05) is 12.8 Å². The first-order chi connectivity index (χ1) is 14.1. The maximum Gasteiger partial charge on any atom is 0.292 e. The number of methoxy groups -OCH3 is 1. The molecule has 0 radical (unpaired) electrons. The van der Waals surface area contributed by atoms with Crippen molar-refractivity contribution in [2.45, 2.75) is 6.92 Å². The highest BCUT2D eigenvalue weighted by Crippen LogP contribution is 2.21. The van der Waals surface area contributed by atoms with Gasteiger partial charge in [-0.05, 0) is 51.8 Å². The molecule has 4 aromatic rings. The Kier molecular flexibility index (Phi) is 4.61. The number of anilines is 1. The van der Waals surface area contributed by atoms with Crippen molar-refractivity contribution < 1.29 is 14.2 Å². The Bertz CT molecular complexity index is 1230. The molecule has 3 N–H and O–H groups in total. The number of carbonyl (C=O) groups is 1. The molecule has 0 fully saturated rings. The lowest BCUT2D eigenvalue weighted by atomic mass is 10.1. The average molecular weight is 392 g/mol. The van der Waals surface area contributed by atoms with Gasteiger partial charge in [-0.1, -0.05) is 23.4 Å². The molecule has 11 nitrogen and oxygen atoms in total. The Morgan fingerprint density at radius 3 is 2.79 bits per heavy atom. The van der Waals surface area contributed by atoms with Crippen LogP contribution >= 0.6 is 0 Å². The molecule has 0 aliphatic carbocycles. The molecule has 146 valence electrons. The van der Waals surface area contributed by atoms with Gasteiger partial charge in [0, 0.05) is 0 Å². The molecule has 29 heavy (non-hydrogen) atoms. The van der Waals surface area contributed by atoms with E-state index in [1.807, 2.05) is 36.4 Å². The van der Waals surface area contributed by atoms with Gasteiger partial charge in [-0.3, -0.25) is 4.79 Å². The van der Waals surface area contributed by atoms with Gasteiger partial charge in [0.05, 0.1) is 19.0 Å². The number of carbonyl (C=O) groups excluding carboxylic acids is 1. The zero-order valence-corrected chi connectivity index (χ0v) is 15.5. The molecule has 0 atom stereocenters. The molecule has 2 aromatic heterocycles. The van der Waals surface area contributed by atoms with E-state index in [-0.39, 0.29) is 17.3 Å². The van der Waals surface area contributed by atoms with Crippen LogP contribution < -0.4 is 15.9 Å². The summed E-state index contributed by atoms with van der Waals surface area (Å²) in [5.41, 5.74) is 9.43. The summed E-state index contributed by atoms with van der Waals surface area (Å²) >= 11 is 0. The van der Waals surface area contributed by atoms with E-state index in [4.69, 9.17) is 10.5 Å². The first-order valence-corrected chi connectivity index (χ1v) is 8.48. The van der Waals surface area contributed by atoms with Crippen LogP contribution in [0, 0.1) is 6.92 Å². The van der Waals surface area contributed by atoms with Gasteiger partial charge in [-0.25, -0.2) is 10.1 Å². The van der Waals surface area contributed by atoms with Gasteiger partial charge in [0.15, 0.2) is 5.69 Å². The predicted octanol–water partition coefficient (Wildman–Crippen LogP) is 1.47. The summed E-state index contributed by atoms with van der Waals surface area (Å²) in [4.78, 5) is 12.6. The first-order valence-electron chi connectivity index (χ1n) is 8.48. The number of nitrogen functional groups attached to an aromatic ring is 1. The number of aryl methyl sites for hydroxylation is 1. The molecule has 4 rings (SSSR count). The Morgan fingerprint density at radius 2 is 2.03 bits per heavy atom. The normalized spacial score (nSPS) is 11.2. The maximum absolute atomic E-state index is 12.6. The number of hydrazone groups is 1. The third-order valence-electron chi connectivity index (χ3n) is 4.20. The number of nitrogens with two attached hydrogens (primary N) is 1. The molecule has 2 heterocycles. The van der Waals surface area contributed by atoms with Crippen molar-refractivity contribution in [1.82, 2.24) is 30.7 Å². The van der Waals surface area contributed by atoms with E-state index in [1.165, 1.54) is 6.21 Å². The zero-order chi connectivity index (χ0) is 20.4. The second kappa shape index (κ2) is 7.38. The van der Waals surface area contributed by atoms with Gasteiger partial charge in [0.25, 0.3) is 5.91 Å². The molecule has 0 saturated carbocycles. The summed E-state index contributed by atoms with van der Waals surface area (Å²) in [6.07, 6.45) is 1.54. The molecule has 1 amide bonds. The van der Waals surface area contributed by atoms with E-state index in [1.54, 1.807) is 14.0 Å². The van der Waals surface area contributed by atoms with Crippen molar-refractivity contribution in [3.63, 3.8) is 0 Å². The summed E-state index contributed by atoms with van der Waals surface area (Å²) in [5, 5.41) is 20.9. The summed E-state index contributed by atoms with van der Waals surface area (Å²) in [5.74, 6) is 0.316. The van der Waals surface area contributed by atoms with Crippen LogP contribution in [0.3, 0.4) is 0 Å². The van der Waals surface area contributed by atoms with Crippen LogP contribution in [0.5, 0.6) is 5.75 Å². The number of amides is 1. The second-order valence-electron chi connectivity index (χ2n) is 6.08. The quantitative estimate of drug-likeness (QED) is 0.383. The number of nitrogens with one attached hydrogen (secondary N) is 1. The lowest BCUT2D eigenvalue weighted by molar-refractivity contribution is 0.0946. The van der Waals surface area contributed by atoms with E-state index in [0.29, 0.717) is 5.69 Å². The molecule has 0 aliphatic heterocycles. The molecule has 0 unspecified atom stereocenters.